The van der Waals surface area contributed by atoms with Gasteiger partial charge in [-0.15, -0.1) is 0 Å². The number of nitriles is 1. The molecule has 5 aromatic rings. The van der Waals surface area contributed by atoms with Crippen molar-refractivity contribution in [3.05, 3.63) is 114 Å². The number of benzene rings is 4. The Kier molecular flexibility index (Phi) is 5.11. The van der Waals surface area contributed by atoms with Gasteiger partial charge in [0.15, 0.2) is 17.5 Å². The minimum Gasteiger partial charge on any atom is -0.208 e. The van der Waals surface area contributed by atoms with Crippen LogP contribution in [0.2, 0.25) is 0 Å². The summed E-state index contributed by atoms with van der Waals surface area (Å²) in [4.78, 5) is 15.0. The molecule has 4 saturated carbocycles. The van der Waals surface area contributed by atoms with E-state index in [1.54, 1.807) is 0 Å². The molecule has 0 unspecified atom stereocenters. The minimum absolute atomic E-state index is 0.0293. The molecule has 0 radical (unpaired) electrons. The van der Waals surface area contributed by atoms with Crippen molar-refractivity contribution in [2.45, 2.75) is 37.5 Å². The van der Waals surface area contributed by atoms with Crippen LogP contribution < -0.4 is 0 Å². The second kappa shape index (κ2) is 8.94. The molecule has 4 bridgehead atoms. The fraction of sp³-hybridized carbons (Fsp3) is 0.263. The number of hydrogen-bond acceptors (Lipinski definition) is 4. The third kappa shape index (κ3) is 3.37. The average molecular weight is 543 g/mol. The lowest BCUT2D eigenvalue weighted by atomic mass is 9.43. The highest BCUT2D eigenvalue weighted by Gasteiger charge is 2.61. The summed E-state index contributed by atoms with van der Waals surface area (Å²) in [6, 6.07) is 36.1. The van der Waals surface area contributed by atoms with Gasteiger partial charge in [-0.25, -0.2) is 15.0 Å². The number of rotatable bonds is 3. The standard InChI is InChI=1S/C38H30N4/c39-22-23-11-13-31-32-14-12-28(21-34(32)38(33(31)20-23)29-16-24-15-25(18-29)19-30(38)17-24)37-41-35(26-7-3-1-4-8-26)40-36(42-37)27-9-5-2-6-10-27/h1-14,20-21,24-25,29-30H,15-19H2. The highest BCUT2D eigenvalue weighted by molar-refractivity contribution is 5.85. The summed E-state index contributed by atoms with van der Waals surface area (Å²) in [5, 5.41) is 9.88. The number of aromatic nitrogens is 3. The summed E-state index contributed by atoms with van der Waals surface area (Å²) in [6.45, 7) is 0. The third-order valence-corrected chi connectivity index (χ3v) is 10.7. The molecule has 0 aliphatic heterocycles. The maximum atomic E-state index is 9.88. The predicted octanol–water partition coefficient (Wildman–Crippen LogP) is 8.47. The van der Waals surface area contributed by atoms with Crippen LogP contribution in [-0.4, -0.2) is 15.0 Å². The number of hydrogen-bond donors (Lipinski definition) is 0. The molecule has 1 heterocycles. The van der Waals surface area contributed by atoms with E-state index in [9.17, 15) is 5.26 Å². The molecular weight excluding hydrogens is 512 g/mol. The molecule has 10 rings (SSSR count). The van der Waals surface area contributed by atoms with Gasteiger partial charge in [-0.3, -0.25) is 0 Å². The quantitative estimate of drug-likeness (QED) is 0.229. The first-order valence-corrected chi connectivity index (χ1v) is 15.3. The van der Waals surface area contributed by atoms with E-state index >= 15 is 0 Å². The smallest absolute Gasteiger partial charge is 0.164 e. The van der Waals surface area contributed by atoms with Crippen molar-refractivity contribution in [1.82, 2.24) is 15.0 Å². The molecule has 202 valence electrons. The van der Waals surface area contributed by atoms with Gasteiger partial charge in [0.1, 0.15) is 0 Å². The van der Waals surface area contributed by atoms with Gasteiger partial charge in [-0.05, 0) is 96.2 Å². The van der Waals surface area contributed by atoms with Gasteiger partial charge in [0.25, 0.3) is 0 Å². The summed E-state index contributed by atoms with van der Waals surface area (Å²) in [6.07, 6.45) is 6.62. The number of nitrogens with zero attached hydrogens (tertiary/aromatic N) is 4. The van der Waals surface area contributed by atoms with Crippen molar-refractivity contribution in [3.63, 3.8) is 0 Å². The highest BCUT2D eigenvalue weighted by atomic mass is 15.0. The topological polar surface area (TPSA) is 62.5 Å². The van der Waals surface area contributed by atoms with E-state index in [4.69, 9.17) is 15.0 Å². The van der Waals surface area contributed by atoms with E-state index in [1.807, 2.05) is 42.5 Å². The SMILES string of the molecule is N#Cc1ccc2c(c1)C1(c3cc(-c4nc(-c5ccccc5)nc(-c5ccccc5)n4)ccc3-2)C2CC3CC(C2)CC1C3. The molecule has 5 aliphatic carbocycles. The lowest BCUT2D eigenvalue weighted by molar-refractivity contribution is -0.0399. The molecular formula is C38H30N4. The van der Waals surface area contributed by atoms with Gasteiger partial charge in [0.2, 0.25) is 0 Å². The Morgan fingerprint density at radius 1 is 0.548 bits per heavy atom. The first-order chi connectivity index (χ1) is 20.7. The van der Waals surface area contributed by atoms with Crippen LogP contribution in [-0.2, 0) is 5.41 Å². The zero-order valence-electron chi connectivity index (χ0n) is 23.4. The van der Waals surface area contributed by atoms with E-state index in [0.717, 1.165) is 34.1 Å². The van der Waals surface area contributed by atoms with Crippen LogP contribution >= 0.6 is 0 Å². The average Bonchev–Trinajstić information content (AvgIpc) is 3.33. The largest absolute Gasteiger partial charge is 0.208 e. The molecule has 5 aliphatic rings. The maximum absolute atomic E-state index is 9.88. The van der Waals surface area contributed by atoms with Gasteiger partial charge >= 0.3 is 0 Å². The normalized spacial score (nSPS) is 26.2. The Morgan fingerprint density at radius 3 is 1.60 bits per heavy atom. The molecule has 1 spiro atoms. The van der Waals surface area contributed by atoms with E-state index in [0.29, 0.717) is 29.3 Å². The van der Waals surface area contributed by atoms with Crippen molar-refractivity contribution < 1.29 is 0 Å². The first-order valence-electron chi connectivity index (χ1n) is 15.3. The Morgan fingerprint density at radius 2 is 1.05 bits per heavy atom. The molecule has 0 amide bonds. The monoisotopic (exact) mass is 542 g/mol. The zero-order valence-corrected chi connectivity index (χ0v) is 23.4. The van der Waals surface area contributed by atoms with Crippen LogP contribution in [0.3, 0.4) is 0 Å². The fourth-order valence-electron chi connectivity index (χ4n) is 9.34. The third-order valence-electron chi connectivity index (χ3n) is 10.7. The molecule has 4 fully saturated rings. The van der Waals surface area contributed by atoms with Gasteiger partial charge in [0, 0.05) is 22.1 Å². The van der Waals surface area contributed by atoms with Crippen LogP contribution in [0.5, 0.6) is 0 Å². The molecule has 1 aromatic heterocycles. The first kappa shape index (κ1) is 24.0. The van der Waals surface area contributed by atoms with Crippen LogP contribution in [0.1, 0.15) is 48.8 Å². The summed E-state index contributed by atoms with van der Waals surface area (Å²) in [7, 11) is 0. The van der Waals surface area contributed by atoms with Crippen LogP contribution in [0.15, 0.2) is 97.1 Å². The maximum Gasteiger partial charge on any atom is 0.164 e. The fourth-order valence-corrected chi connectivity index (χ4v) is 9.34. The van der Waals surface area contributed by atoms with Gasteiger partial charge in [-0.1, -0.05) is 78.9 Å². The van der Waals surface area contributed by atoms with Crippen molar-refractivity contribution in [2.24, 2.45) is 23.7 Å². The highest BCUT2D eigenvalue weighted by Crippen LogP contribution is 2.69. The minimum atomic E-state index is -0.0293. The Bertz CT molecular complexity index is 1820. The lowest BCUT2D eigenvalue weighted by Crippen LogP contribution is -2.55. The summed E-state index contributed by atoms with van der Waals surface area (Å²) < 4.78 is 0. The van der Waals surface area contributed by atoms with Crippen LogP contribution in [0.25, 0.3) is 45.3 Å². The predicted molar refractivity (Wildman–Crippen MR) is 164 cm³/mol. The summed E-state index contributed by atoms with van der Waals surface area (Å²) in [5.74, 6) is 5.04. The molecule has 4 nitrogen and oxygen atoms in total. The molecule has 42 heavy (non-hydrogen) atoms. The Balaban J connectivity index is 1.26. The van der Waals surface area contributed by atoms with Gasteiger partial charge < -0.3 is 0 Å². The lowest BCUT2D eigenvalue weighted by Gasteiger charge is -2.61. The summed E-state index contributed by atoms with van der Waals surface area (Å²) in [5.41, 5.74) is 9.20. The molecule has 0 N–H and O–H groups in total. The second-order valence-electron chi connectivity index (χ2n) is 12.8. The zero-order chi connectivity index (χ0) is 27.8. The molecule has 0 atom stereocenters. The molecule has 0 saturated heterocycles. The van der Waals surface area contributed by atoms with Crippen molar-refractivity contribution in [2.75, 3.05) is 0 Å². The molecule has 4 heteroatoms. The van der Waals surface area contributed by atoms with E-state index in [2.05, 4.69) is 60.7 Å². The Labute approximate surface area is 246 Å². The second-order valence-corrected chi connectivity index (χ2v) is 12.8. The Hall–Kier alpha value is -4.62. The number of fused-ring (bicyclic) bond motifs is 3. The van der Waals surface area contributed by atoms with Gasteiger partial charge in [-0.2, -0.15) is 5.26 Å². The summed E-state index contributed by atoms with van der Waals surface area (Å²) >= 11 is 0. The van der Waals surface area contributed by atoms with Gasteiger partial charge in [0.05, 0.1) is 11.6 Å². The van der Waals surface area contributed by atoms with Crippen molar-refractivity contribution >= 4 is 0 Å². The van der Waals surface area contributed by atoms with E-state index in [1.165, 1.54) is 54.4 Å². The molecule has 4 aromatic carbocycles. The van der Waals surface area contributed by atoms with Crippen molar-refractivity contribution in [1.29, 1.82) is 5.26 Å². The van der Waals surface area contributed by atoms with E-state index in [-0.39, 0.29) is 5.41 Å². The van der Waals surface area contributed by atoms with E-state index < -0.39 is 0 Å². The van der Waals surface area contributed by atoms with Crippen LogP contribution in [0.4, 0.5) is 0 Å². The van der Waals surface area contributed by atoms with Crippen molar-refractivity contribution in [3.8, 4) is 51.4 Å². The van der Waals surface area contributed by atoms with Crippen LogP contribution in [0, 0.1) is 35.0 Å².